The highest BCUT2D eigenvalue weighted by Crippen LogP contribution is 2.38. The number of rotatable bonds is 26. The Labute approximate surface area is 378 Å². The second-order valence-corrected chi connectivity index (χ2v) is 15.2. The number of nitrogens with one attached hydrogen (secondary N) is 1. The lowest BCUT2D eigenvalue weighted by Gasteiger charge is -2.30. The number of hydrogen-bond donors (Lipinski definition) is 5. The predicted octanol–water partition coefficient (Wildman–Crippen LogP) is 4.56. The van der Waals surface area contributed by atoms with Crippen molar-refractivity contribution in [3.05, 3.63) is 125 Å². The van der Waals surface area contributed by atoms with E-state index in [0.717, 1.165) is 27.8 Å². The molecule has 0 aliphatic heterocycles. The Morgan fingerprint density at radius 3 is 2.03 bits per heavy atom. The normalized spacial score (nSPS) is 14.5. The van der Waals surface area contributed by atoms with Crippen LogP contribution in [0.3, 0.4) is 0 Å². The summed E-state index contributed by atoms with van der Waals surface area (Å²) in [5, 5.41) is 15.5. The summed E-state index contributed by atoms with van der Waals surface area (Å²) in [6.07, 6.45) is 0.478. The van der Waals surface area contributed by atoms with E-state index in [1.54, 1.807) is 54.6 Å². The standard InChI is InChI=1S/C49H58N6O10/c1-60-44-32-41(54-47-39(44)11-6-12-43(47)57)33-13-15-34(16-14-33)49(59)53-19-21-61-23-25-63-27-29-65-30-28-64-26-24-62-22-20-55(52)48-36-8-3-2-7-35(36)31-40(42(56)17-18-45(50)58)37-9-4-5-10-38(37)46(48)51/h2-16,32,40,57H,17-31,51-52H2,1H3,(H2,50,58)(H,53,59)/b48-46-. The minimum absolute atomic E-state index is 0.00837. The SMILES string of the molecule is COc1cc(-c2ccc(C(=O)NCCOCCOCCOCCOCCOCCN(N)/C3=C(\N)c4ccccc4C(C(=O)CCC(N)=O)Cc4ccccc43)cc2)nc2c(O)cccc12. The fourth-order valence-electron chi connectivity index (χ4n) is 7.50. The molecule has 1 aliphatic rings. The zero-order chi connectivity index (χ0) is 46.0. The van der Waals surface area contributed by atoms with Crippen molar-refractivity contribution in [3.63, 3.8) is 0 Å². The van der Waals surface area contributed by atoms with Crippen LogP contribution >= 0.6 is 0 Å². The Kier molecular flexibility index (Phi) is 18.2. The van der Waals surface area contributed by atoms with E-state index in [0.29, 0.717) is 125 Å². The zero-order valence-electron chi connectivity index (χ0n) is 36.7. The van der Waals surface area contributed by atoms with Crippen LogP contribution in [0.25, 0.3) is 33.6 Å². The molecule has 1 heterocycles. The van der Waals surface area contributed by atoms with Gasteiger partial charge in [0.15, 0.2) is 0 Å². The number of ketones is 1. The topological polar surface area (TPSA) is 233 Å². The maximum absolute atomic E-state index is 13.4. The third-order valence-electron chi connectivity index (χ3n) is 10.8. The number of phenolic OH excluding ortho intramolecular Hbond substituents is 1. The third-order valence-corrected chi connectivity index (χ3v) is 10.8. The molecule has 1 aromatic heterocycles. The fourth-order valence-corrected chi connectivity index (χ4v) is 7.50. The van der Waals surface area contributed by atoms with E-state index in [1.165, 1.54) is 0 Å². The molecule has 1 aliphatic carbocycles. The number of nitrogens with two attached hydrogens (primary N) is 3. The average Bonchev–Trinajstić information content (AvgIpc) is 3.32. The van der Waals surface area contributed by atoms with Gasteiger partial charge in [-0.2, -0.15) is 0 Å². The smallest absolute Gasteiger partial charge is 0.251 e. The highest BCUT2D eigenvalue weighted by Gasteiger charge is 2.30. The maximum Gasteiger partial charge on any atom is 0.251 e. The van der Waals surface area contributed by atoms with E-state index in [-0.39, 0.29) is 30.3 Å². The van der Waals surface area contributed by atoms with E-state index in [2.05, 4.69) is 10.3 Å². The summed E-state index contributed by atoms with van der Waals surface area (Å²) in [4.78, 5) is 42.1. The molecular formula is C49H58N6O10. The van der Waals surface area contributed by atoms with Crippen molar-refractivity contribution in [1.82, 2.24) is 15.3 Å². The molecule has 0 radical (unpaired) electrons. The molecule has 1 atom stereocenters. The number of primary amides is 1. The average molecular weight is 891 g/mol. The number of pyridine rings is 1. The summed E-state index contributed by atoms with van der Waals surface area (Å²) in [5.41, 5.74) is 18.9. The fraction of sp³-hybridized carbons (Fsp3) is 0.347. The van der Waals surface area contributed by atoms with E-state index >= 15 is 0 Å². The van der Waals surface area contributed by atoms with Crippen LogP contribution in [0.1, 0.15) is 51.4 Å². The third kappa shape index (κ3) is 13.3. The van der Waals surface area contributed by atoms with E-state index < -0.39 is 11.8 Å². The summed E-state index contributed by atoms with van der Waals surface area (Å²) in [6, 6.07) is 29.3. The molecule has 16 heteroatoms. The minimum Gasteiger partial charge on any atom is -0.506 e. The predicted molar refractivity (Wildman–Crippen MR) is 246 cm³/mol. The molecule has 65 heavy (non-hydrogen) atoms. The van der Waals surface area contributed by atoms with Gasteiger partial charge in [-0.05, 0) is 41.8 Å². The molecule has 0 saturated heterocycles. The highest BCUT2D eigenvalue weighted by atomic mass is 16.6. The van der Waals surface area contributed by atoms with Crippen molar-refractivity contribution in [3.8, 4) is 22.8 Å². The lowest BCUT2D eigenvalue weighted by Crippen LogP contribution is -2.35. The molecule has 8 N–H and O–H groups in total. The Bertz CT molecular complexity index is 2410. The Morgan fingerprint density at radius 2 is 1.37 bits per heavy atom. The summed E-state index contributed by atoms with van der Waals surface area (Å²) in [6.45, 7) is 4.50. The number of benzene rings is 4. The molecule has 6 rings (SSSR count). The van der Waals surface area contributed by atoms with Gasteiger partial charge >= 0.3 is 0 Å². The van der Waals surface area contributed by atoms with E-state index in [9.17, 15) is 19.5 Å². The quantitative estimate of drug-likeness (QED) is 0.0291. The van der Waals surface area contributed by atoms with Crippen molar-refractivity contribution in [2.75, 3.05) is 86.3 Å². The number of methoxy groups -OCH3 is 1. The lowest BCUT2D eigenvalue weighted by atomic mass is 9.79. The lowest BCUT2D eigenvalue weighted by molar-refractivity contribution is -0.124. The van der Waals surface area contributed by atoms with Crippen molar-refractivity contribution >= 4 is 39.9 Å². The number of carbonyl (C=O) groups is 3. The van der Waals surface area contributed by atoms with Crippen LogP contribution in [0.4, 0.5) is 0 Å². The maximum atomic E-state index is 13.4. The summed E-state index contributed by atoms with van der Waals surface area (Å²) in [7, 11) is 1.57. The van der Waals surface area contributed by atoms with Crippen molar-refractivity contribution < 1.29 is 47.9 Å². The number of ether oxygens (including phenoxy) is 6. The van der Waals surface area contributed by atoms with Gasteiger partial charge in [0, 0.05) is 59.0 Å². The number of Topliss-reactive ketones (excluding diaryl/α,β-unsaturated/α-hetero) is 1. The van der Waals surface area contributed by atoms with Crippen LogP contribution in [-0.2, 0) is 39.7 Å². The van der Waals surface area contributed by atoms with E-state index in [4.69, 9.17) is 45.7 Å². The van der Waals surface area contributed by atoms with Crippen molar-refractivity contribution in [2.24, 2.45) is 17.3 Å². The molecule has 2 amide bonds. The number of fused-ring (bicyclic) bond motifs is 3. The summed E-state index contributed by atoms with van der Waals surface area (Å²) >= 11 is 0. The molecule has 344 valence electrons. The second-order valence-electron chi connectivity index (χ2n) is 15.2. The number of carbonyl (C=O) groups excluding carboxylic acids is 3. The Morgan fingerprint density at radius 1 is 0.754 bits per heavy atom. The molecule has 0 spiro atoms. The summed E-state index contributed by atoms with van der Waals surface area (Å²) in [5.74, 6) is 6.02. The number of aromatic hydroxyl groups is 1. The number of hydrazine groups is 1. The molecule has 1 unspecified atom stereocenters. The van der Waals surface area contributed by atoms with Gasteiger partial charge in [-0.15, -0.1) is 0 Å². The molecular weight excluding hydrogens is 833 g/mol. The molecule has 0 fully saturated rings. The van der Waals surface area contributed by atoms with Crippen LogP contribution < -0.4 is 27.4 Å². The number of phenols is 1. The number of nitrogens with zero attached hydrogens (tertiary/aromatic N) is 2. The number of para-hydroxylation sites is 1. The van der Waals surface area contributed by atoms with Crippen LogP contribution in [-0.4, -0.2) is 119 Å². The van der Waals surface area contributed by atoms with Crippen LogP contribution in [0, 0.1) is 0 Å². The summed E-state index contributed by atoms with van der Waals surface area (Å²) < 4.78 is 33.7. The van der Waals surface area contributed by atoms with E-state index in [1.807, 2.05) is 54.6 Å². The largest absolute Gasteiger partial charge is 0.506 e. The molecule has 5 aromatic rings. The minimum atomic E-state index is -0.512. The molecule has 0 saturated carbocycles. The van der Waals surface area contributed by atoms with Gasteiger partial charge in [-0.1, -0.05) is 66.7 Å². The van der Waals surface area contributed by atoms with Crippen molar-refractivity contribution in [2.45, 2.75) is 25.2 Å². The van der Waals surface area contributed by atoms with Gasteiger partial charge in [-0.25, -0.2) is 10.8 Å². The van der Waals surface area contributed by atoms with Gasteiger partial charge in [0.25, 0.3) is 5.91 Å². The van der Waals surface area contributed by atoms with Crippen LogP contribution in [0.5, 0.6) is 11.5 Å². The first-order valence-corrected chi connectivity index (χ1v) is 21.6. The zero-order valence-corrected chi connectivity index (χ0v) is 36.7. The van der Waals surface area contributed by atoms with Gasteiger partial charge in [0.05, 0.1) is 96.8 Å². The second kappa shape index (κ2) is 24.6. The first-order valence-electron chi connectivity index (χ1n) is 21.6. The molecule has 4 aromatic carbocycles. The Balaban J connectivity index is 0.797. The number of hydrogen-bond acceptors (Lipinski definition) is 14. The monoisotopic (exact) mass is 890 g/mol. The highest BCUT2D eigenvalue weighted by molar-refractivity contribution is 5.97. The van der Waals surface area contributed by atoms with Crippen LogP contribution in [0.15, 0.2) is 97.1 Å². The Hall–Kier alpha value is -6.40. The molecule has 16 nitrogen and oxygen atoms in total. The number of aromatic nitrogens is 1. The molecule has 0 bridgehead atoms. The van der Waals surface area contributed by atoms with Crippen LogP contribution in [0.2, 0.25) is 0 Å². The van der Waals surface area contributed by atoms with Gasteiger partial charge in [0.2, 0.25) is 5.91 Å². The number of amides is 2. The van der Waals surface area contributed by atoms with Gasteiger partial charge in [0.1, 0.15) is 22.8 Å². The first kappa shape index (κ1) is 48.1. The van der Waals surface area contributed by atoms with Gasteiger partial charge in [-0.3, -0.25) is 14.4 Å². The van der Waals surface area contributed by atoms with Gasteiger partial charge < -0.3 is 55.3 Å². The van der Waals surface area contributed by atoms with Crippen molar-refractivity contribution in [1.29, 1.82) is 0 Å². The first-order chi connectivity index (χ1) is 31.7.